The number of fused-ring (bicyclic) bond motifs is 1. The minimum atomic E-state index is -1.02. The standard InChI is InChI=1S/C21H20FNO5/c1-12-17-10-16(26-3)8-9-18(17)28-19(12)21(25)27-13(2)20(24)23-11-14-4-6-15(22)7-5-14/h4-10,13H,11H2,1-3H3,(H,23,24)/t13-/m1/s1. The Morgan fingerprint density at radius 1 is 1.18 bits per heavy atom. The Labute approximate surface area is 161 Å². The van der Waals surface area contributed by atoms with Crippen LogP contribution in [0.4, 0.5) is 4.39 Å². The molecule has 7 heteroatoms. The molecule has 6 nitrogen and oxygen atoms in total. The van der Waals surface area contributed by atoms with E-state index in [0.29, 0.717) is 16.9 Å². The summed E-state index contributed by atoms with van der Waals surface area (Å²) in [6.45, 7) is 3.41. The summed E-state index contributed by atoms with van der Waals surface area (Å²) in [5.41, 5.74) is 1.87. The van der Waals surface area contributed by atoms with Gasteiger partial charge in [-0.1, -0.05) is 12.1 Å². The van der Waals surface area contributed by atoms with Crippen molar-refractivity contribution in [1.82, 2.24) is 5.32 Å². The Hall–Kier alpha value is -3.35. The van der Waals surface area contributed by atoms with E-state index >= 15 is 0 Å². The zero-order valence-electron chi connectivity index (χ0n) is 15.7. The summed E-state index contributed by atoms with van der Waals surface area (Å²) in [6.07, 6.45) is -1.02. The molecule has 28 heavy (non-hydrogen) atoms. The molecule has 0 saturated carbocycles. The van der Waals surface area contributed by atoms with Crippen LogP contribution < -0.4 is 10.1 Å². The molecule has 0 radical (unpaired) electrons. The molecule has 1 N–H and O–H groups in total. The molecule has 0 aliphatic rings. The van der Waals surface area contributed by atoms with Crippen molar-refractivity contribution in [2.75, 3.05) is 7.11 Å². The lowest BCUT2D eigenvalue weighted by Crippen LogP contribution is -2.35. The maximum atomic E-state index is 12.9. The van der Waals surface area contributed by atoms with E-state index in [-0.39, 0.29) is 18.1 Å². The van der Waals surface area contributed by atoms with E-state index < -0.39 is 18.0 Å². The lowest BCUT2D eigenvalue weighted by atomic mass is 10.1. The zero-order chi connectivity index (χ0) is 20.3. The molecule has 1 aromatic heterocycles. The first-order valence-electron chi connectivity index (χ1n) is 8.69. The van der Waals surface area contributed by atoms with E-state index in [1.54, 1.807) is 44.4 Å². The maximum Gasteiger partial charge on any atom is 0.375 e. The van der Waals surface area contributed by atoms with E-state index in [4.69, 9.17) is 13.9 Å². The summed E-state index contributed by atoms with van der Waals surface area (Å²) in [7, 11) is 1.55. The predicted octanol–water partition coefficient (Wildman–Crippen LogP) is 3.75. The summed E-state index contributed by atoms with van der Waals surface area (Å²) in [5.74, 6) is -0.854. The van der Waals surface area contributed by atoms with Crippen molar-refractivity contribution >= 4 is 22.8 Å². The van der Waals surface area contributed by atoms with Crippen LogP contribution in [0, 0.1) is 12.7 Å². The van der Waals surface area contributed by atoms with Gasteiger partial charge in [-0.2, -0.15) is 0 Å². The first kappa shape index (κ1) is 19.4. The van der Waals surface area contributed by atoms with Crippen LogP contribution in [-0.2, 0) is 16.1 Å². The largest absolute Gasteiger partial charge is 0.497 e. The molecular formula is C21H20FNO5. The quantitative estimate of drug-likeness (QED) is 0.654. The number of carbonyl (C=O) groups excluding carboxylic acids is 2. The molecular weight excluding hydrogens is 365 g/mol. The molecule has 0 spiro atoms. The minimum absolute atomic E-state index is 0.0430. The third-order valence-corrected chi connectivity index (χ3v) is 4.36. The molecule has 1 atom stereocenters. The molecule has 0 bridgehead atoms. The van der Waals surface area contributed by atoms with Gasteiger partial charge in [-0.15, -0.1) is 0 Å². The van der Waals surface area contributed by atoms with Gasteiger partial charge in [-0.25, -0.2) is 9.18 Å². The van der Waals surface area contributed by atoms with Gasteiger partial charge in [0.15, 0.2) is 6.10 Å². The van der Waals surface area contributed by atoms with Gasteiger partial charge in [0.2, 0.25) is 5.76 Å². The second kappa shape index (κ2) is 8.12. The van der Waals surface area contributed by atoms with Crippen molar-refractivity contribution in [3.8, 4) is 5.75 Å². The lowest BCUT2D eigenvalue weighted by molar-refractivity contribution is -0.129. The lowest BCUT2D eigenvalue weighted by Gasteiger charge is -2.13. The molecule has 0 aliphatic heterocycles. The van der Waals surface area contributed by atoms with Crippen LogP contribution in [0.15, 0.2) is 46.9 Å². The van der Waals surface area contributed by atoms with E-state index in [0.717, 1.165) is 10.9 Å². The number of esters is 1. The Bertz CT molecular complexity index is 1010. The summed E-state index contributed by atoms with van der Waals surface area (Å²) >= 11 is 0. The second-order valence-electron chi connectivity index (χ2n) is 6.31. The van der Waals surface area contributed by atoms with Gasteiger partial charge in [0, 0.05) is 17.5 Å². The van der Waals surface area contributed by atoms with Crippen LogP contribution in [-0.4, -0.2) is 25.1 Å². The number of carbonyl (C=O) groups is 2. The van der Waals surface area contributed by atoms with Gasteiger partial charge in [-0.05, 0) is 49.7 Å². The van der Waals surface area contributed by atoms with Gasteiger partial charge < -0.3 is 19.2 Å². The van der Waals surface area contributed by atoms with E-state index in [1.165, 1.54) is 19.1 Å². The average molecular weight is 385 g/mol. The van der Waals surface area contributed by atoms with E-state index in [1.807, 2.05) is 0 Å². The topological polar surface area (TPSA) is 77.8 Å². The third kappa shape index (κ3) is 4.14. The van der Waals surface area contributed by atoms with Crippen molar-refractivity contribution in [2.45, 2.75) is 26.5 Å². The van der Waals surface area contributed by atoms with Crippen molar-refractivity contribution in [3.05, 3.63) is 65.2 Å². The van der Waals surface area contributed by atoms with Crippen LogP contribution in [0.1, 0.15) is 28.6 Å². The number of nitrogens with one attached hydrogen (secondary N) is 1. The number of furan rings is 1. The number of hydrogen-bond donors (Lipinski definition) is 1. The van der Waals surface area contributed by atoms with Crippen LogP contribution in [0.5, 0.6) is 5.75 Å². The van der Waals surface area contributed by atoms with E-state index in [9.17, 15) is 14.0 Å². The Morgan fingerprint density at radius 3 is 2.57 bits per heavy atom. The molecule has 2 aromatic carbocycles. The minimum Gasteiger partial charge on any atom is -0.497 e. The number of rotatable bonds is 6. The van der Waals surface area contributed by atoms with Gasteiger partial charge >= 0.3 is 5.97 Å². The molecule has 0 saturated heterocycles. The fourth-order valence-electron chi connectivity index (χ4n) is 2.72. The highest BCUT2D eigenvalue weighted by Crippen LogP contribution is 2.29. The Balaban J connectivity index is 1.64. The smallest absolute Gasteiger partial charge is 0.375 e. The Kier molecular flexibility index (Phi) is 5.63. The number of hydrogen-bond acceptors (Lipinski definition) is 5. The van der Waals surface area contributed by atoms with E-state index in [2.05, 4.69) is 5.32 Å². The highest BCUT2D eigenvalue weighted by Gasteiger charge is 2.24. The number of amides is 1. The second-order valence-corrected chi connectivity index (χ2v) is 6.31. The number of methoxy groups -OCH3 is 1. The van der Waals surface area contributed by atoms with Crippen LogP contribution >= 0.6 is 0 Å². The SMILES string of the molecule is COc1ccc2oc(C(=O)O[C@H](C)C(=O)NCc3ccc(F)cc3)c(C)c2c1. The monoisotopic (exact) mass is 385 g/mol. The molecule has 0 fully saturated rings. The Morgan fingerprint density at radius 2 is 1.89 bits per heavy atom. The highest BCUT2D eigenvalue weighted by molar-refractivity contribution is 5.97. The fourth-order valence-corrected chi connectivity index (χ4v) is 2.72. The van der Waals surface area contributed by atoms with Crippen LogP contribution in [0.3, 0.4) is 0 Å². The first-order valence-corrected chi connectivity index (χ1v) is 8.69. The maximum absolute atomic E-state index is 12.9. The highest BCUT2D eigenvalue weighted by atomic mass is 19.1. The fraction of sp³-hybridized carbons (Fsp3) is 0.238. The summed E-state index contributed by atoms with van der Waals surface area (Å²) in [5, 5.41) is 3.38. The number of halogens is 1. The third-order valence-electron chi connectivity index (χ3n) is 4.36. The zero-order valence-corrected chi connectivity index (χ0v) is 15.7. The van der Waals surface area contributed by atoms with Crippen LogP contribution in [0.25, 0.3) is 11.0 Å². The summed E-state index contributed by atoms with van der Waals surface area (Å²) in [6, 6.07) is 11.0. The molecule has 1 heterocycles. The molecule has 0 unspecified atom stereocenters. The van der Waals surface area contributed by atoms with Gasteiger partial charge in [0.1, 0.15) is 17.1 Å². The number of aryl methyl sites for hydroxylation is 1. The van der Waals surface area contributed by atoms with Crippen LogP contribution in [0.2, 0.25) is 0 Å². The molecule has 0 aliphatic carbocycles. The van der Waals surface area contributed by atoms with Crippen molar-refractivity contribution < 1.29 is 27.9 Å². The van der Waals surface area contributed by atoms with Crippen molar-refractivity contribution in [2.24, 2.45) is 0 Å². The van der Waals surface area contributed by atoms with Gasteiger partial charge in [0.05, 0.1) is 7.11 Å². The molecule has 146 valence electrons. The van der Waals surface area contributed by atoms with Crippen molar-refractivity contribution in [3.63, 3.8) is 0 Å². The number of ether oxygens (including phenoxy) is 2. The van der Waals surface area contributed by atoms with Gasteiger partial charge in [-0.3, -0.25) is 4.79 Å². The average Bonchev–Trinajstić information content (AvgIpc) is 3.03. The molecule has 3 rings (SSSR count). The molecule has 1 amide bonds. The summed E-state index contributed by atoms with van der Waals surface area (Å²) in [4.78, 5) is 24.6. The predicted molar refractivity (Wildman–Crippen MR) is 101 cm³/mol. The normalized spacial score (nSPS) is 11.9. The number of benzene rings is 2. The van der Waals surface area contributed by atoms with Crippen molar-refractivity contribution in [1.29, 1.82) is 0 Å². The molecule has 3 aromatic rings. The summed E-state index contributed by atoms with van der Waals surface area (Å²) < 4.78 is 28.9. The first-order chi connectivity index (χ1) is 13.4. The van der Waals surface area contributed by atoms with Gasteiger partial charge in [0.25, 0.3) is 5.91 Å².